The number of rotatable bonds is 10. The summed E-state index contributed by atoms with van der Waals surface area (Å²) < 4.78 is 22.4. The Labute approximate surface area is 199 Å². The van der Waals surface area contributed by atoms with Gasteiger partial charge in [-0.15, -0.1) is 0 Å². The first-order valence-corrected chi connectivity index (χ1v) is 11.4. The Morgan fingerprint density at radius 1 is 0.941 bits per heavy atom. The molecule has 4 rings (SSSR count). The summed E-state index contributed by atoms with van der Waals surface area (Å²) in [7, 11) is 1.31. The van der Waals surface area contributed by atoms with E-state index in [0.717, 1.165) is 48.7 Å². The number of carbonyl (C=O) groups excluding carboxylic acids is 1. The second-order valence-electron chi connectivity index (χ2n) is 7.91. The fourth-order valence-electron chi connectivity index (χ4n) is 3.73. The number of carbonyl (C=O) groups is 1. The van der Waals surface area contributed by atoms with Crippen molar-refractivity contribution in [3.8, 4) is 11.5 Å². The second kappa shape index (κ2) is 12.0. The molecule has 1 aromatic heterocycles. The van der Waals surface area contributed by atoms with E-state index in [1.807, 2.05) is 54.6 Å². The molecule has 0 bridgehead atoms. The van der Waals surface area contributed by atoms with Gasteiger partial charge in [-0.25, -0.2) is 14.8 Å². The average molecular weight is 464 g/mol. The van der Waals surface area contributed by atoms with Crippen molar-refractivity contribution in [2.45, 2.75) is 25.6 Å². The number of piperidine rings is 1. The molecule has 0 spiro atoms. The Kier molecular flexibility index (Phi) is 8.29. The highest BCUT2D eigenvalue weighted by Crippen LogP contribution is 2.22. The Bertz CT molecular complexity index is 1040. The molecule has 1 saturated heterocycles. The van der Waals surface area contributed by atoms with E-state index in [-0.39, 0.29) is 11.9 Å². The topological polar surface area (TPSA) is 83.0 Å². The summed E-state index contributed by atoms with van der Waals surface area (Å²) >= 11 is 0. The average Bonchev–Trinajstić information content (AvgIpc) is 2.91. The van der Waals surface area contributed by atoms with Gasteiger partial charge in [0.25, 0.3) is 0 Å². The molecule has 2 heterocycles. The first-order valence-electron chi connectivity index (χ1n) is 11.4. The van der Waals surface area contributed by atoms with Crippen LogP contribution in [-0.4, -0.2) is 55.5 Å². The van der Waals surface area contributed by atoms with Gasteiger partial charge in [0.05, 0.1) is 37.9 Å². The molecule has 0 unspecified atom stereocenters. The summed E-state index contributed by atoms with van der Waals surface area (Å²) in [5, 5.41) is 0. The van der Waals surface area contributed by atoms with Crippen molar-refractivity contribution in [3.05, 3.63) is 78.4 Å². The zero-order valence-corrected chi connectivity index (χ0v) is 19.3. The van der Waals surface area contributed by atoms with Crippen LogP contribution >= 0.6 is 0 Å². The fourth-order valence-corrected chi connectivity index (χ4v) is 3.73. The van der Waals surface area contributed by atoms with E-state index in [2.05, 4.69) is 19.6 Å². The van der Waals surface area contributed by atoms with Gasteiger partial charge in [-0.3, -0.25) is 0 Å². The van der Waals surface area contributed by atoms with Crippen molar-refractivity contribution >= 4 is 11.7 Å². The highest BCUT2D eigenvalue weighted by molar-refractivity contribution is 5.85. The molecule has 34 heavy (non-hydrogen) atoms. The van der Waals surface area contributed by atoms with Gasteiger partial charge in [0.2, 0.25) is 5.82 Å². The van der Waals surface area contributed by atoms with Crippen molar-refractivity contribution in [2.75, 3.05) is 38.3 Å². The number of hydrogen-bond acceptors (Lipinski definition) is 8. The van der Waals surface area contributed by atoms with Crippen LogP contribution in [0.5, 0.6) is 11.5 Å². The van der Waals surface area contributed by atoms with Gasteiger partial charge in [-0.2, -0.15) is 0 Å². The van der Waals surface area contributed by atoms with Crippen molar-refractivity contribution in [1.82, 2.24) is 9.97 Å². The zero-order chi connectivity index (χ0) is 23.6. The van der Waals surface area contributed by atoms with Crippen LogP contribution in [0.3, 0.4) is 0 Å². The van der Waals surface area contributed by atoms with Crippen LogP contribution in [0.1, 0.15) is 29.0 Å². The lowest BCUT2D eigenvalue weighted by Gasteiger charge is -2.33. The maximum atomic E-state index is 11.5. The number of benzene rings is 2. The standard InChI is InChI=1S/C26H29N3O5/c1-31-26(30)25-27-17-21(18-28-25)29-12-10-22(11-13-29)32-14-15-33-23-8-5-9-24(16-23)34-19-20-6-3-2-4-7-20/h2-9,16-18,22H,10-15,19H2,1H3. The van der Waals surface area contributed by atoms with Gasteiger partial charge < -0.3 is 23.8 Å². The molecular weight excluding hydrogens is 434 g/mol. The lowest BCUT2D eigenvalue weighted by atomic mass is 10.1. The van der Waals surface area contributed by atoms with Crippen LogP contribution in [-0.2, 0) is 16.1 Å². The Balaban J connectivity index is 1.15. The molecule has 3 aromatic rings. The molecule has 178 valence electrons. The fraction of sp³-hybridized carbons (Fsp3) is 0.346. The third-order valence-electron chi connectivity index (χ3n) is 5.57. The van der Waals surface area contributed by atoms with Gasteiger partial charge >= 0.3 is 5.97 Å². The number of esters is 1. The molecule has 0 radical (unpaired) electrons. The van der Waals surface area contributed by atoms with Gasteiger partial charge in [-0.1, -0.05) is 36.4 Å². The molecule has 0 amide bonds. The molecular formula is C26H29N3O5. The predicted molar refractivity (Wildman–Crippen MR) is 127 cm³/mol. The smallest absolute Gasteiger partial charge is 0.376 e. The SMILES string of the molecule is COC(=O)c1ncc(N2CCC(OCCOc3cccc(OCc4ccccc4)c3)CC2)cn1. The number of hydrogen-bond donors (Lipinski definition) is 0. The minimum absolute atomic E-state index is 0.0674. The number of anilines is 1. The van der Waals surface area contributed by atoms with Gasteiger partial charge in [0.1, 0.15) is 24.7 Å². The van der Waals surface area contributed by atoms with Crippen molar-refractivity contribution in [1.29, 1.82) is 0 Å². The summed E-state index contributed by atoms with van der Waals surface area (Å²) in [6.45, 7) is 3.20. The third-order valence-corrected chi connectivity index (χ3v) is 5.57. The first kappa shape index (κ1) is 23.5. The highest BCUT2D eigenvalue weighted by atomic mass is 16.5. The summed E-state index contributed by atoms with van der Waals surface area (Å²) in [5.74, 6) is 1.07. The summed E-state index contributed by atoms with van der Waals surface area (Å²) in [4.78, 5) is 21.8. The number of aromatic nitrogens is 2. The Hall–Kier alpha value is -3.65. The van der Waals surface area contributed by atoms with E-state index in [9.17, 15) is 4.79 Å². The van der Waals surface area contributed by atoms with Gasteiger partial charge in [0, 0.05) is 19.2 Å². The lowest BCUT2D eigenvalue weighted by Crippen LogP contribution is -2.37. The van der Waals surface area contributed by atoms with Crippen molar-refractivity contribution in [2.24, 2.45) is 0 Å². The molecule has 1 aliphatic heterocycles. The van der Waals surface area contributed by atoms with E-state index in [1.54, 1.807) is 12.4 Å². The van der Waals surface area contributed by atoms with E-state index in [0.29, 0.717) is 19.8 Å². The molecule has 0 saturated carbocycles. The van der Waals surface area contributed by atoms with Crippen LogP contribution < -0.4 is 14.4 Å². The lowest BCUT2D eigenvalue weighted by molar-refractivity contribution is 0.0202. The van der Waals surface area contributed by atoms with Crippen LogP contribution in [0.15, 0.2) is 67.0 Å². The Morgan fingerprint density at radius 2 is 1.65 bits per heavy atom. The molecule has 2 aromatic carbocycles. The van der Waals surface area contributed by atoms with E-state index in [4.69, 9.17) is 14.2 Å². The van der Waals surface area contributed by atoms with Crippen LogP contribution in [0.2, 0.25) is 0 Å². The molecule has 1 fully saturated rings. The quantitative estimate of drug-likeness (QED) is 0.331. The third kappa shape index (κ3) is 6.68. The van der Waals surface area contributed by atoms with Gasteiger partial charge in [-0.05, 0) is 30.5 Å². The molecule has 0 aliphatic carbocycles. The molecule has 0 atom stereocenters. The van der Waals surface area contributed by atoms with Crippen LogP contribution in [0.25, 0.3) is 0 Å². The van der Waals surface area contributed by atoms with Gasteiger partial charge in [0.15, 0.2) is 0 Å². The van der Waals surface area contributed by atoms with Crippen LogP contribution in [0.4, 0.5) is 5.69 Å². The highest BCUT2D eigenvalue weighted by Gasteiger charge is 2.21. The summed E-state index contributed by atoms with van der Waals surface area (Å²) in [5.41, 5.74) is 2.02. The second-order valence-corrected chi connectivity index (χ2v) is 7.91. The first-order chi connectivity index (χ1) is 16.7. The molecule has 8 heteroatoms. The maximum Gasteiger partial charge on any atom is 0.376 e. The monoisotopic (exact) mass is 463 g/mol. The number of nitrogens with zero attached hydrogens (tertiary/aromatic N) is 3. The largest absolute Gasteiger partial charge is 0.491 e. The normalized spacial score (nSPS) is 14.0. The predicted octanol–water partition coefficient (Wildman–Crippen LogP) is 3.91. The van der Waals surface area contributed by atoms with Crippen molar-refractivity contribution < 1.29 is 23.7 Å². The Morgan fingerprint density at radius 3 is 2.35 bits per heavy atom. The maximum absolute atomic E-state index is 11.5. The molecule has 0 N–H and O–H groups in total. The van der Waals surface area contributed by atoms with E-state index in [1.165, 1.54) is 7.11 Å². The van der Waals surface area contributed by atoms with Crippen LogP contribution in [0, 0.1) is 0 Å². The number of methoxy groups -OCH3 is 1. The molecule has 1 aliphatic rings. The zero-order valence-electron chi connectivity index (χ0n) is 19.3. The minimum Gasteiger partial charge on any atom is -0.491 e. The van der Waals surface area contributed by atoms with Crippen molar-refractivity contribution in [3.63, 3.8) is 0 Å². The minimum atomic E-state index is -0.535. The summed E-state index contributed by atoms with van der Waals surface area (Å²) in [6, 6.07) is 17.7. The molecule has 8 nitrogen and oxygen atoms in total. The number of ether oxygens (including phenoxy) is 4. The van der Waals surface area contributed by atoms with E-state index < -0.39 is 5.97 Å². The summed E-state index contributed by atoms with van der Waals surface area (Å²) in [6.07, 6.45) is 5.32. The van der Waals surface area contributed by atoms with E-state index >= 15 is 0 Å².